The van der Waals surface area contributed by atoms with Crippen LogP contribution in [0.15, 0.2) is 12.1 Å². The van der Waals surface area contributed by atoms with E-state index in [0.717, 1.165) is 31.4 Å². The second kappa shape index (κ2) is 5.24. The van der Waals surface area contributed by atoms with Crippen LogP contribution in [-0.2, 0) is 4.74 Å². The molecule has 2 nitrogen and oxygen atoms in total. The fraction of sp³-hybridized carbons (Fsp3) is 0.600. The van der Waals surface area contributed by atoms with Gasteiger partial charge >= 0.3 is 0 Å². The Hall–Kier alpha value is -0.710. The molecule has 20 heavy (non-hydrogen) atoms. The van der Waals surface area contributed by atoms with E-state index in [4.69, 9.17) is 16.3 Å². The Labute approximate surface area is 121 Å². The highest BCUT2D eigenvalue weighted by Gasteiger charge is 2.44. The zero-order valence-electron chi connectivity index (χ0n) is 11.0. The molecule has 1 spiro atoms. The molecule has 110 valence electrons. The SMILES string of the molecule is OC(c1cc(F)c(Cl)cc1F)C1CCOC2(CCC2)C1. The van der Waals surface area contributed by atoms with Crippen molar-refractivity contribution in [3.05, 3.63) is 34.4 Å². The molecule has 5 heteroatoms. The van der Waals surface area contributed by atoms with Crippen molar-refractivity contribution >= 4 is 11.6 Å². The molecule has 1 aromatic rings. The lowest BCUT2D eigenvalue weighted by Gasteiger charge is -2.48. The Balaban J connectivity index is 1.81. The summed E-state index contributed by atoms with van der Waals surface area (Å²) in [5, 5.41) is 10.1. The summed E-state index contributed by atoms with van der Waals surface area (Å²) < 4.78 is 33.2. The van der Waals surface area contributed by atoms with Gasteiger partial charge in [0.1, 0.15) is 11.6 Å². The molecule has 1 aromatic carbocycles. The quantitative estimate of drug-likeness (QED) is 0.837. The molecule has 2 atom stereocenters. The molecule has 0 amide bonds. The van der Waals surface area contributed by atoms with Crippen LogP contribution in [0.5, 0.6) is 0 Å². The van der Waals surface area contributed by atoms with E-state index in [0.29, 0.717) is 19.4 Å². The lowest BCUT2D eigenvalue weighted by atomic mass is 9.70. The van der Waals surface area contributed by atoms with E-state index >= 15 is 0 Å². The predicted molar refractivity (Wildman–Crippen MR) is 71.6 cm³/mol. The highest BCUT2D eigenvalue weighted by molar-refractivity contribution is 6.30. The third-order valence-electron chi connectivity index (χ3n) is 4.60. The Bertz CT molecular complexity index is 517. The smallest absolute Gasteiger partial charge is 0.142 e. The molecular formula is C15H17ClF2O2. The minimum atomic E-state index is -1.01. The van der Waals surface area contributed by atoms with Crippen LogP contribution in [-0.4, -0.2) is 17.3 Å². The molecule has 1 saturated heterocycles. The summed E-state index contributed by atoms with van der Waals surface area (Å²) in [6, 6.07) is 1.93. The highest BCUT2D eigenvalue weighted by atomic mass is 35.5. The van der Waals surface area contributed by atoms with Gasteiger partial charge in [0.25, 0.3) is 0 Å². The van der Waals surface area contributed by atoms with Crippen LogP contribution >= 0.6 is 11.6 Å². The molecule has 1 saturated carbocycles. The van der Waals surface area contributed by atoms with Gasteiger partial charge in [-0.1, -0.05) is 11.6 Å². The molecule has 2 aliphatic rings. The zero-order chi connectivity index (χ0) is 14.3. The number of halogens is 3. The van der Waals surface area contributed by atoms with Crippen LogP contribution in [0.2, 0.25) is 5.02 Å². The van der Waals surface area contributed by atoms with E-state index < -0.39 is 17.7 Å². The van der Waals surface area contributed by atoms with E-state index in [-0.39, 0.29) is 22.1 Å². The largest absolute Gasteiger partial charge is 0.388 e. The topological polar surface area (TPSA) is 29.5 Å². The first-order chi connectivity index (χ1) is 9.51. The number of aliphatic hydroxyl groups is 1. The van der Waals surface area contributed by atoms with Gasteiger partial charge in [-0.25, -0.2) is 8.78 Å². The Morgan fingerprint density at radius 3 is 2.70 bits per heavy atom. The zero-order valence-corrected chi connectivity index (χ0v) is 11.8. The number of rotatable bonds is 2. The van der Waals surface area contributed by atoms with Gasteiger partial charge < -0.3 is 9.84 Å². The van der Waals surface area contributed by atoms with Crippen molar-refractivity contribution in [2.45, 2.75) is 43.8 Å². The molecule has 0 aromatic heterocycles. The summed E-state index contributed by atoms with van der Waals surface area (Å²) in [5.41, 5.74) is -0.140. The lowest BCUT2D eigenvalue weighted by Crippen LogP contribution is -2.46. The second-order valence-electron chi connectivity index (χ2n) is 5.87. The lowest BCUT2D eigenvalue weighted by molar-refractivity contribution is -0.157. The van der Waals surface area contributed by atoms with Crippen LogP contribution in [0.25, 0.3) is 0 Å². The van der Waals surface area contributed by atoms with Gasteiger partial charge in [-0.2, -0.15) is 0 Å². The predicted octanol–water partition coefficient (Wildman–Crippen LogP) is 4.00. The standard InChI is InChI=1S/C15H17ClF2O2/c16-11-7-12(17)10(6-13(11)18)14(19)9-2-5-20-15(8-9)3-1-4-15/h6-7,9,14,19H,1-5,8H2. The Kier molecular flexibility index (Phi) is 3.73. The minimum Gasteiger partial charge on any atom is -0.388 e. The number of hydrogen-bond donors (Lipinski definition) is 1. The molecule has 0 radical (unpaired) electrons. The molecule has 2 unspecified atom stereocenters. The summed E-state index contributed by atoms with van der Waals surface area (Å²) in [7, 11) is 0. The van der Waals surface area contributed by atoms with Crippen LogP contribution in [0.4, 0.5) is 8.78 Å². The summed E-state index contributed by atoms with van der Waals surface area (Å²) in [6.45, 7) is 0.569. The first kappa shape index (κ1) is 14.2. The van der Waals surface area contributed by atoms with Crippen molar-refractivity contribution in [1.82, 2.24) is 0 Å². The van der Waals surface area contributed by atoms with Gasteiger partial charge in [0, 0.05) is 12.2 Å². The molecule has 1 heterocycles. The van der Waals surface area contributed by atoms with Gasteiger partial charge in [0.05, 0.1) is 16.7 Å². The normalized spacial score (nSPS) is 26.3. The monoisotopic (exact) mass is 302 g/mol. The summed E-state index contributed by atoms with van der Waals surface area (Å²) >= 11 is 5.54. The third-order valence-corrected chi connectivity index (χ3v) is 4.89. The van der Waals surface area contributed by atoms with Crippen molar-refractivity contribution < 1.29 is 18.6 Å². The van der Waals surface area contributed by atoms with Crippen molar-refractivity contribution in [3.8, 4) is 0 Å². The molecule has 1 aliphatic carbocycles. The first-order valence-corrected chi connectivity index (χ1v) is 7.35. The minimum absolute atomic E-state index is 0.00623. The van der Waals surface area contributed by atoms with Gasteiger partial charge in [-0.05, 0) is 50.2 Å². The summed E-state index contributed by atoms with van der Waals surface area (Å²) in [4.78, 5) is 0. The van der Waals surface area contributed by atoms with E-state index in [1.54, 1.807) is 0 Å². The van der Waals surface area contributed by atoms with Crippen LogP contribution in [0.1, 0.15) is 43.8 Å². The molecule has 2 fully saturated rings. The fourth-order valence-corrected chi connectivity index (χ4v) is 3.42. The van der Waals surface area contributed by atoms with Crippen molar-refractivity contribution in [2.24, 2.45) is 5.92 Å². The van der Waals surface area contributed by atoms with Crippen LogP contribution in [0.3, 0.4) is 0 Å². The molecule has 0 bridgehead atoms. The van der Waals surface area contributed by atoms with E-state index in [9.17, 15) is 13.9 Å². The third kappa shape index (κ3) is 2.45. The van der Waals surface area contributed by atoms with Crippen molar-refractivity contribution in [1.29, 1.82) is 0 Å². The molecule has 1 N–H and O–H groups in total. The highest BCUT2D eigenvalue weighted by Crippen LogP contribution is 2.47. The van der Waals surface area contributed by atoms with Gasteiger partial charge in [0.2, 0.25) is 0 Å². The maximum atomic E-state index is 13.9. The fourth-order valence-electron chi connectivity index (χ4n) is 3.27. The van der Waals surface area contributed by atoms with Crippen LogP contribution in [0, 0.1) is 17.6 Å². The Morgan fingerprint density at radius 2 is 2.05 bits per heavy atom. The average molecular weight is 303 g/mol. The number of benzene rings is 1. The number of ether oxygens (including phenoxy) is 1. The van der Waals surface area contributed by atoms with Gasteiger partial charge in [0.15, 0.2) is 0 Å². The Morgan fingerprint density at radius 1 is 1.30 bits per heavy atom. The number of aliphatic hydroxyl groups excluding tert-OH is 1. The van der Waals surface area contributed by atoms with Gasteiger partial charge in [-0.15, -0.1) is 0 Å². The summed E-state index contributed by atoms with van der Waals surface area (Å²) in [6.07, 6.45) is 3.47. The second-order valence-corrected chi connectivity index (χ2v) is 6.28. The van der Waals surface area contributed by atoms with Gasteiger partial charge in [-0.3, -0.25) is 0 Å². The maximum Gasteiger partial charge on any atom is 0.142 e. The van der Waals surface area contributed by atoms with E-state index in [1.165, 1.54) is 0 Å². The molecular weight excluding hydrogens is 286 g/mol. The van der Waals surface area contributed by atoms with Crippen molar-refractivity contribution in [2.75, 3.05) is 6.61 Å². The van der Waals surface area contributed by atoms with E-state index in [2.05, 4.69) is 0 Å². The number of hydrogen-bond acceptors (Lipinski definition) is 2. The average Bonchev–Trinajstić information content (AvgIpc) is 2.40. The summed E-state index contributed by atoms with van der Waals surface area (Å²) in [5.74, 6) is -1.45. The molecule has 3 rings (SSSR count). The molecule has 1 aliphatic heterocycles. The van der Waals surface area contributed by atoms with Crippen LogP contribution < -0.4 is 0 Å². The van der Waals surface area contributed by atoms with Crippen molar-refractivity contribution in [3.63, 3.8) is 0 Å². The first-order valence-electron chi connectivity index (χ1n) is 6.97. The van der Waals surface area contributed by atoms with E-state index in [1.807, 2.05) is 0 Å². The maximum absolute atomic E-state index is 13.9.